The number of hydrogen-bond acceptors (Lipinski definition) is 4. The summed E-state index contributed by atoms with van der Waals surface area (Å²) in [6, 6.07) is 4.31. The Hall–Kier alpha value is -1.55. The number of hydrogen-bond donors (Lipinski definition) is 0. The Balaban J connectivity index is 1.96. The van der Waals surface area contributed by atoms with Crippen LogP contribution in [0.4, 0.5) is 5.69 Å². The van der Waals surface area contributed by atoms with Crippen molar-refractivity contribution in [3.05, 3.63) is 28.8 Å². The van der Waals surface area contributed by atoms with E-state index in [4.69, 9.17) is 9.47 Å². The minimum Gasteiger partial charge on any atom is -0.462 e. The van der Waals surface area contributed by atoms with Gasteiger partial charge in [-0.05, 0) is 55.9 Å². The molecule has 3 rings (SSSR count). The summed E-state index contributed by atoms with van der Waals surface area (Å²) in [5, 5.41) is 0. The molecular formula is C17H23NO3. The van der Waals surface area contributed by atoms with Crippen LogP contribution in [0.3, 0.4) is 0 Å². The maximum atomic E-state index is 12.3. The molecule has 114 valence electrons. The van der Waals surface area contributed by atoms with Gasteiger partial charge in [-0.3, -0.25) is 0 Å². The van der Waals surface area contributed by atoms with Crippen LogP contribution in [0.25, 0.3) is 0 Å². The van der Waals surface area contributed by atoms with Gasteiger partial charge in [-0.25, -0.2) is 4.79 Å². The average Bonchev–Trinajstić information content (AvgIpc) is 3.32. The first-order valence-electron chi connectivity index (χ1n) is 7.85. The molecule has 21 heavy (non-hydrogen) atoms. The third-order valence-corrected chi connectivity index (χ3v) is 4.22. The topological polar surface area (TPSA) is 38.8 Å². The first-order valence-corrected chi connectivity index (χ1v) is 7.85. The van der Waals surface area contributed by atoms with Gasteiger partial charge in [0.25, 0.3) is 0 Å². The molecule has 2 aliphatic rings. The van der Waals surface area contributed by atoms with Crippen molar-refractivity contribution in [1.82, 2.24) is 0 Å². The van der Waals surface area contributed by atoms with E-state index in [9.17, 15) is 4.79 Å². The zero-order chi connectivity index (χ0) is 14.8. The summed E-state index contributed by atoms with van der Waals surface area (Å²) in [7, 11) is 0. The number of nitrogens with zero attached hydrogens (tertiary/aromatic N) is 1. The molecule has 1 heterocycles. The van der Waals surface area contributed by atoms with Crippen LogP contribution in [-0.2, 0) is 9.47 Å². The highest BCUT2D eigenvalue weighted by molar-refractivity contribution is 5.94. The zero-order valence-corrected chi connectivity index (χ0v) is 12.9. The van der Waals surface area contributed by atoms with Crippen LogP contribution >= 0.6 is 0 Å². The highest BCUT2D eigenvalue weighted by Crippen LogP contribution is 2.44. The summed E-state index contributed by atoms with van der Waals surface area (Å²) in [6.07, 6.45) is 2.36. The third-order valence-electron chi connectivity index (χ3n) is 4.22. The van der Waals surface area contributed by atoms with E-state index in [2.05, 4.69) is 17.0 Å². The number of aryl methyl sites for hydroxylation is 1. The maximum Gasteiger partial charge on any atom is 0.338 e. The third kappa shape index (κ3) is 3.05. The normalized spacial score (nSPS) is 18.7. The predicted molar refractivity (Wildman–Crippen MR) is 82.1 cm³/mol. The molecule has 0 bridgehead atoms. The maximum absolute atomic E-state index is 12.3. The van der Waals surface area contributed by atoms with E-state index in [1.54, 1.807) is 0 Å². The number of rotatable bonds is 4. The Bertz CT molecular complexity index is 531. The smallest absolute Gasteiger partial charge is 0.338 e. The van der Waals surface area contributed by atoms with Crippen LogP contribution in [0, 0.1) is 6.92 Å². The highest BCUT2D eigenvalue weighted by atomic mass is 16.5. The number of morpholine rings is 1. The number of benzene rings is 1. The van der Waals surface area contributed by atoms with Gasteiger partial charge in [0.15, 0.2) is 0 Å². The minimum absolute atomic E-state index is 0.176. The van der Waals surface area contributed by atoms with E-state index in [-0.39, 0.29) is 5.97 Å². The van der Waals surface area contributed by atoms with Gasteiger partial charge in [-0.2, -0.15) is 0 Å². The Morgan fingerprint density at radius 3 is 2.67 bits per heavy atom. The van der Waals surface area contributed by atoms with Gasteiger partial charge in [-0.15, -0.1) is 0 Å². The molecule has 1 aromatic rings. The van der Waals surface area contributed by atoms with E-state index < -0.39 is 0 Å². The molecule has 0 unspecified atom stereocenters. The molecule has 0 atom stereocenters. The fraction of sp³-hybridized carbons (Fsp3) is 0.588. The van der Waals surface area contributed by atoms with Crippen molar-refractivity contribution in [2.24, 2.45) is 0 Å². The van der Waals surface area contributed by atoms with Crippen LogP contribution in [0.5, 0.6) is 0 Å². The van der Waals surface area contributed by atoms with Gasteiger partial charge >= 0.3 is 5.97 Å². The minimum atomic E-state index is -0.176. The van der Waals surface area contributed by atoms with E-state index >= 15 is 0 Å². The quantitative estimate of drug-likeness (QED) is 0.799. The van der Waals surface area contributed by atoms with Gasteiger partial charge in [-0.1, -0.05) is 0 Å². The van der Waals surface area contributed by atoms with Crippen LogP contribution in [0.15, 0.2) is 12.1 Å². The molecule has 0 amide bonds. The summed E-state index contributed by atoms with van der Waals surface area (Å²) >= 11 is 0. The predicted octanol–water partition coefficient (Wildman–Crippen LogP) is 2.89. The first kappa shape index (κ1) is 14.4. The summed E-state index contributed by atoms with van der Waals surface area (Å²) in [5.41, 5.74) is 4.20. The molecule has 1 aliphatic heterocycles. The number of carbonyl (C=O) groups excluding carboxylic acids is 1. The van der Waals surface area contributed by atoms with Gasteiger partial charge < -0.3 is 14.4 Å². The van der Waals surface area contributed by atoms with Gasteiger partial charge in [0, 0.05) is 18.8 Å². The molecule has 1 aromatic carbocycles. The van der Waals surface area contributed by atoms with Gasteiger partial charge in [0.2, 0.25) is 0 Å². The number of esters is 1. The molecule has 2 fully saturated rings. The van der Waals surface area contributed by atoms with Crippen molar-refractivity contribution in [1.29, 1.82) is 0 Å². The fourth-order valence-electron chi connectivity index (χ4n) is 3.00. The Kier molecular flexibility index (Phi) is 4.15. The molecular weight excluding hydrogens is 266 g/mol. The number of anilines is 1. The molecule has 4 heteroatoms. The lowest BCUT2D eigenvalue weighted by Gasteiger charge is -2.30. The first-order chi connectivity index (χ1) is 10.2. The second kappa shape index (κ2) is 6.06. The molecule has 0 N–H and O–H groups in total. The van der Waals surface area contributed by atoms with Crippen molar-refractivity contribution in [2.75, 3.05) is 37.8 Å². The average molecular weight is 289 g/mol. The van der Waals surface area contributed by atoms with E-state index in [0.717, 1.165) is 37.4 Å². The molecule has 0 radical (unpaired) electrons. The van der Waals surface area contributed by atoms with Gasteiger partial charge in [0.1, 0.15) is 0 Å². The lowest BCUT2D eigenvalue weighted by Crippen LogP contribution is -2.36. The molecule has 4 nitrogen and oxygen atoms in total. The van der Waals surface area contributed by atoms with Crippen molar-refractivity contribution in [2.45, 2.75) is 32.6 Å². The van der Waals surface area contributed by atoms with Crippen LogP contribution < -0.4 is 4.90 Å². The van der Waals surface area contributed by atoms with Crippen LogP contribution in [-0.4, -0.2) is 38.9 Å². The van der Waals surface area contributed by atoms with Crippen molar-refractivity contribution in [3.8, 4) is 0 Å². The fourth-order valence-corrected chi connectivity index (χ4v) is 3.00. The second-order valence-electron chi connectivity index (χ2n) is 5.82. The van der Waals surface area contributed by atoms with Gasteiger partial charge in [0.05, 0.1) is 25.4 Å². The monoisotopic (exact) mass is 289 g/mol. The highest BCUT2D eigenvalue weighted by Gasteiger charge is 2.30. The lowest BCUT2D eigenvalue weighted by molar-refractivity contribution is 0.0524. The van der Waals surface area contributed by atoms with E-state index in [1.165, 1.54) is 24.1 Å². The van der Waals surface area contributed by atoms with Crippen LogP contribution in [0.2, 0.25) is 0 Å². The second-order valence-corrected chi connectivity index (χ2v) is 5.82. The summed E-state index contributed by atoms with van der Waals surface area (Å²) in [4.78, 5) is 14.6. The van der Waals surface area contributed by atoms with E-state index in [0.29, 0.717) is 12.5 Å². The van der Waals surface area contributed by atoms with E-state index in [1.807, 2.05) is 13.8 Å². The largest absolute Gasteiger partial charge is 0.462 e. The van der Waals surface area contributed by atoms with Crippen molar-refractivity contribution < 1.29 is 14.3 Å². The molecule has 1 saturated carbocycles. The Labute approximate surface area is 126 Å². The Morgan fingerprint density at radius 2 is 2.05 bits per heavy atom. The summed E-state index contributed by atoms with van der Waals surface area (Å²) in [6.45, 7) is 7.68. The molecule has 0 spiro atoms. The van der Waals surface area contributed by atoms with Crippen molar-refractivity contribution in [3.63, 3.8) is 0 Å². The summed E-state index contributed by atoms with van der Waals surface area (Å²) in [5.74, 6) is 0.356. The standard InChI is InChI=1S/C17H23NO3/c1-3-21-17(19)16-12(2)10-14(11-15(16)13-4-5-13)18-6-8-20-9-7-18/h10-11,13H,3-9H2,1-2H3. The molecule has 1 saturated heterocycles. The zero-order valence-electron chi connectivity index (χ0n) is 12.9. The molecule has 0 aromatic heterocycles. The number of ether oxygens (including phenoxy) is 2. The van der Waals surface area contributed by atoms with Crippen molar-refractivity contribution >= 4 is 11.7 Å². The Morgan fingerprint density at radius 1 is 1.33 bits per heavy atom. The SMILES string of the molecule is CCOC(=O)c1c(C)cc(N2CCOCC2)cc1C1CC1. The van der Waals surface area contributed by atoms with Crippen LogP contribution in [0.1, 0.15) is 47.2 Å². The molecule has 1 aliphatic carbocycles. The number of carbonyl (C=O) groups is 1. The summed E-state index contributed by atoms with van der Waals surface area (Å²) < 4.78 is 10.7. The lowest BCUT2D eigenvalue weighted by atomic mass is 9.97.